The summed E-state index contributed by atoms with van der Waals surface area (Å²) in [6, 6.07) is 0.673. The van der Waals surface area contributed by atoms with Crippen molar-refractivity contribution in [3.05, 3.63) is 11.8 Å². The summed E-state index contributed by atoms with van der Waals surface area (Å²) >= 11 is 0. The molecule has 0 fully saturated rings. The highest BCUT2D eigenvalue weighted by Gasteiger charge is 2.34. The Kier molecular flexibility index (Phi) is 4.53. The summed E-state index contributed by atoms with van der Waals surface area (Å²) in [6.07, 6.45) is -4.37. The zero-order valence-corrected chi connectivity index (χ0v) is 10.2. The Morgan fingerprint density at radius 3 is 2.26 bits per heavy atom. The third-order valence-corrected chi connectivity index (χ3v) is 2.71. The molecule has 0 atom stereocenters. The van der Waals surface area contributed by atoms with Crippen molar-refractivity contribution in [2.24, 2.45) is 0 Å². The maximum absolute atomic E-state index is 12.6. The molecule has 5 N–H and O–H groups in total. The minimum atomic E-state index is -4.65. The number of aliphatic hydroxyl groups is 2. The normalized spacial score (nSPS) is 12.5. The molecule has 0 unspecified atom stereocenters. The molecule has 108 valence electrons. The number of anilines is 2. The van der Waals surface area contributed by atoms with Crippen LogP contribution in [0.25, 0.3) is 0 Å². The lowest BCUT2D eigenvalue weighted by Crippen LogP contribution is -2.45. The van der Waals surface area contributed by atoms with Crippen LogP contribution < -0.4 is 11.1 Å². The number of nitrogen functional groups attached to an aromatic ring is 1. The molecule has 1 aromatic rings. The van der Waals surface area contributed by atoms with E-state index in [2.05, 4.69) is 15.3 Å². The Balaban J connectivity index is 3.11. The van der Waals surface area contributed by atoms with Gasteiger partial charge in [-0.25, -0.2) is 4.98 Å². The molecule has 9 heteroatoms. The summed E-state index contributed by atoms with van der Waals surface area (Å²) in [5, 5.41) is 21.0. The van der Waals surface area contributed by atoms with Gasteiger partial charge in [-0.1, -0.05) is 6.92 Å². The standard InChI is InChI=1S/C10H15F3N4O2/c1-2-9(4-18,5-19)17-7-3-6(10(11,12)13)15-8(14)16-7/h3,18-19H,2,4-5H2,1H3,(H3,14,15,16,17). The van der Waals surface area contributed by atoms with E-state index in [4.69, 9.17) is 5.73 Å². The smallest absolute Gasteiger partial charge is 0.394 e. The summed E-state index contributed by atoms with van der Waals surface area (Å²) in [4.78, 5) is 6.70. The number of alkyl halides is 3. The maximum Gasteiger partial charge on any atom is 0.433 e. The fourth-order valence-electron chi connectivity index (χ4n) is 1.39. The average molecular weight is 280 g/mol. The van der Waals surface area contributed by atoms with Crippen LogP contribution in [0.5, 0.6) is 0 Å². The van der Waals surface area contributed by atoms with Gasteiger partial charge in [0.15, 0.2) is 5.69 Å². The van der Waals surface area contributed by atoms with Crippen LogP contribution in [-0.4, -0.2) is 38.9 Å². The summed E-state index contributed by atoms with van der Waals surface area (Å²) < 4.78 is 37.7. The van der Waals surface area contributed by atoms with Crippen molar-refractivity contribution >= 4 is 11.8 Å². The Labute approximate surface area is 107 Å². The van der Waals surface area contributed by atoms with E-state index >= 15 is 0 Å². The molecule has 0 aliphatic carbocycles. The van der Waals surface area contributed by atoms with Gasteiger partial charge in [0.05, 0.1) is 18.8 Å². The van der Waals surface area contributed by atoms with Crippen molar-refractivity contribution in [3.63, 3.8) is 0 Å². The van der Waals surface area contributed by atoms with Crippen molar-refractivity contribution in [2.45, 2.75) is 25.1 Å². The number of aliphatic hydroxyl groups excluding tert-OH is 2. The first kappa shape index (κ1) is 15.4. The number of halogens is 3. The van der Waals surface area contributed by atoms with Gasteiger partial charge >= 0.3 is 6.18 Å². The minimum Gasteiger partial charge on any atom is -0.394 e. The number of hydrogen-bond donors (Lipinski definition) is 4. The maximum atomic E-state index is 12.6. The largest absolute Gasteiger partial charge is 0.433 e. The SMILES string of the molecule is CCC(CO)(CO)Nc1cc(C(F)(F)F)nc(N)n1. The van der Waals surface area contributed by atoms with Gasteiger partial charge < -0.3 is 21.3 Å². The third kappa shape index (κ3) is 3.67. The van der Waals surface area contributed by atoms with Crippen LogP contribution in [0.1, 0.15) is 19.0 Å². The highest BCUT2D eigenvalue weighted by atomic mass is 19.4. The molecule has 0 saturated carbocycles. The van der Waals surface area contributed by atoms with Crippen LogP contribution in [0, 0.1) is 0 Å². The number of nitrogens with one attached hydrogen (secondary N) is 1. The van der Waals surface area contributed by atoms with Crippen LogP contribution in [0.4, 0.5) is 24.9 Å². The Hall–Kier alpha value is -1.61. The molecule has 0 amide bonds. The highest BCUT2D eigenvalue weighted by Crippen LogP contribution is 2.30. The van der Waals surface area contributed by atoms with E-state index in [1.165, 1.54) is 0 Å². The second kappa shape index (κ2) is 5.57. The molecule has 19 heavy (non-hydrogen) atoms. The third-order valence-electron chi connectivity index (χ3n) is 2.71. The van der Waals surface area contributed by atoms with Crippen LogP contribution >= 0.6 is 0 Å². The number of aromatic nitrogens is 2. The lowest BCUT2D eigenvalue weighted by Gasteiger charge is -2.30. The molecule has 0 aromatic carbocycles. The van der Waals surface area contributed by atoms with Gasteiger partial charge in [0, 0.05) is 6.07 Å². The molecule has 1 heterocycles. The Bertz CT molecular complexity index is 427. The van der Waals surface area contributed by atoms with Gasteiger partial charge in [0.25, 0.3) is 0 Å². The van der Waals surface area contributed by atoms with Crippen LogP contribution in [0.2, 0.25) is 0 Å². The second-order valence-corrected chi connectivity index (χ2v) is 4.07. The molecule has 0 radical (unpaired) electrons. The van der Waals surface area contributed by atoms with E-state index < -0.39 is 36.6 Å². The van der Waals surface area contributed by atoms with Gasteiger partial charge in [-0.3, -0.25) is 0 Å². The topological polar surface area (TPSA) is 104 Å². The predicted octanol–water partition coefficient (Wildman–Crippen LogP) is 0.623. The molecule has 1 aromatic heterocycles. The predicted molar refractivity (Wildman–Crippen MR) is 62.3 cm³/mol. The number of nitrogens with zero attached hydrogens (tertiary/aromatic N) is 2. The van der Waals surface area contributed by atoms with Gasteiger partial charge in [0.1, 0.15) is 5.82 Å². The summed E-state index contributed by atoms with van der Waals surface area (Å²) in [6.45, 7) is 0.727. The Morgan fingerprint density at radius 2 is 1.84 bits per heavy atom. The zero-order chi connectivity index (χ0) is 14.7. The minimum absolute atomic E-state index is 0.204. The van der Waals surface area contributed by atoms with Gasteiger partial charge in [-0.15, -0.1) is 0 Å². The summed E-state index contributed by atoms with van der Waals surface area (Å²) in [5.74, 6) is -0.747. The second-order valence-electron chi connectivity index (χ2n) is 4.07. The molecule has 0 bridgehead atoms. The Morgan fingerprint density at radius 1 is 1.26 bits per heavy atom. The molecule has 6 nitrogen and oxygen atoms in total. The molecule has 0 aliphatic rings. The average Bonchev–Trinajstić information content (AvgIpc) is 2.34. The van der Waals surface area contributed by atoms with Gasteiger partial charge in [0.2, 0.25) is 5.95 Å². The first-order valence-corrected chi connectivity index (χ1v) is 5.48. The molecular formula is C10H15F3N4O2. The first-order valence-electron chi connectivity index (χ1n) is 5.48. The highest BCUT2D eigenvalue weighted by molar-refractivity contribution is 5.43. The van der Waals surface area contributed by atoms with Crippen LogP contribution in [-0.2, 0) is 6.18 Å². The van der Waals surface area contributed by atoms with E-state index in [-0.39, 0.29) is 12.2 Å². The van der Waals surface area contributed by atoms with Gasteiger partial charge in [-0.2, -0.15) is 18.2 Å². The number of hydrogen-bond acceptors (Lipinski definition) is 6. The van der Waals surface area contributed by atoms with E-state index in [0.29, 0.717) is 6.07 Å². The molecule has 0 saturated heterocycles. The lowest BCUT2D eigenvalue weighted by atomic mass is 9.98. The van der Waals surface area contributed by atoms with E-state index in [1.807, 2.05) is 0 Å². The number of nitrogens with two attached hydrogens (primary N) is 1. The summed E-state index contributed by atoms with van der Waals surface area (Å²) in [5.41, 5.74) is 2.86. The molecular weight excluding hydrogens is 265 g/mol. The van der Waals surface area contributed by atoms with Crippen molar-refractivity contribution in [1.29, 1.82) is 0 Å². The van der Waals surface area contributed by atoms with Crippen molar-refractivity contribution in [3.8, 4) is 0 Å². The van der Waals surface area contributed by atoms with Gasteiger partial charge in [-0.05, 0) is 6.42 Å². The number of rotatable bonds is 5. The molecule has 0 spiro atoms. The quantitative estimate of drug-likeness (QED) is 0.630. The van der Waals surface area contributed by atoms with Crippen LogP contribution in [0.3, 0.4) is 0 Å². The summed E-state index contributed by atoms with van der Waals surface area (Å²) in [7, 11) is 0. The van der Waals surface area contributed by atoms with Crippen molar-refractivity contribution in [2.75, 3.05) is 24.3 Å². The first-order chi connectivity index (χ1) is 8.76. The molecule has 0 aliphatic heterocycles. The van der Waals surface area contributed by atoms with Crippen molar-refractivity contribution in [1.82, 2.24) is 9.97 Å². The van der Waals surface area contributed by atoms with Crippen molar-refractivity contribution < 1.29 is 23.4 Å². The lowest BCUT2D eigenvalue weighted by molar-refractivity contribution is -0.141. The van der Waals surface area contributed by atoms with Crippen LogP contribution in [0.15, 0.2) is 6.07 Å². The van der Waals surface area contributed by atoms with E-state index in [1.54, 1.807) is 6.92 Å². The van der Waals surface area contributed by atoms with E-state index in [9.17, 15) is 23.4 Å². The van der Waals surface area contributed by atoms with E-state index in [0.717, 1.165) is 0 Å². The zero-order valence-electron chi connectivity index (χ0n) is 10.2. The molecule has 1 rings (SSSR count). The fraction of sp³-hybridized carbons (Fsp3) is 0.600. The monoisotopic (exact) mass is 280 g/mol. The fourth-order valence-corrected chi connectivity index (χ4v) is 1.39.